The Bertz CT molecular complexity index is 751. The summed E-state index contributed by atoms with van der Waals surface area (Å²) in [5.41, 5.74) is 7.33. The zero-order valence-corrected chi connectivity index (χ0v) is 10.7. The normalized spacial score (nSPS) is 11.1. The van der Waals surface area contributed by atoms with Crippen molar-refractivity contribution in [1.29, 1.82) is 0 Å². The number of halogens is 2. The number of benzene rings is 2. The lowest BCUT2D eigenvalue weighted by molar-refractivity contribution is 0.600. The third-order valence-corrected chi connectivity index (χ3v) is 3.25. The predicted octanol–water partition coefficient (Wildman–Crippen LogP) is 4.35. The zero-order valence-electron chi connectivity index (χ0n) is 9.99. The molecule has 1 aromatic heterocycles. The van der Waals surface area contributed by atoms with Crippen LogP contribution in [0.2, 0.25) is 5.02 Å². The van der Waals surface area contributed by atoms with Gasteiger partial charge >= 0.3 is 0 Å². The highest BCUT2D eigenvalue weighted by molar-refractivity contribution is 6.31. The first-order valence-corrected chi connectivity index (χ1v) is 6.23. The summed E-state index contributed by atoms with van der Waals surface area (Å²) in [6, 6.07) is 12.0. The molecule has 0 saturated carbocycles. The quantitative estimate of drug-likeness (QED) is 0.755. The molecule has 0 unspecified atom stereocenters. The van der Waals surface area contributed by atoms with Gasteiger partial charge in [-0.05, 0) is 42.0 Å². The Morgan fingerprint density at radius 3 is 2.68 bits per heavy atom. The summed E-state index contributed by atoms with van der Waals surface area (Å²) < 4.78 is 19.6. The van der Waals surface area contributed by atoms with Crippen LogP contribution in [0.1, 0.15) is 5.56 Å². The minimum absolute atomic E-state index is 0.312. The Balaban J connectivity index is 2.13. The number of rotatable bonds is 2. The summed E-state index contributed by atoms with van der Waals surface area (Å²) >= 11 is 5.92. The van der Waals surface area contributed by atoms with Crippen LogP contribution in [0.5, 0.6) is 0 Å². The van der Waals surface area contributed by atoms with Crippen molar-refractivity contribution in [2.75, 3.05) is 0 Å². The number of hydrogen-bond acceptors (Lipinski definition) is 2. The molecule has 0 aliphatic rings. The van der Waals surface area contributed by atoms with E-state index in [0.29, 0.717) is 28.5 Å². The zero-order chi connectivity index (χ0) is 13.4. The third-order valence-electron chi connectivity index (χ3n) is 3.01. The minimum atomic E-state index is -0.340. The molecule has 0 radical (unpaired) electrons. The van der Waals surface area contributed by atoms with Crippen molar-refractivity contribution in [3.05, 3.63) is 58.9 Å². The molecule has 19 heavy (non-hydrogen) atoms. The van der Waals surface area contributed by atoms with Gasteiger partial charge in [-0.2, -0.15) is 0 Å². The average Bonchev–Trinajstić information content (AvgIpc) is 2.81. The Morgan fingerprint density at radius 1 is 1.11 bits per heavy atom. The second-order valence-corrected chi connectivity index (χ2v) is 4.75. The molecule has 2 aromatic carbocycles. The van der Waals surface area contributed by atoms with Crippen molar-refractivity contribution in [2.45, 2.75) is 6.54 Å². The summed E-state index contributed by atoms with van der Waals surface area (Å²) in [5, 5.41) is 1.48. The van der Waals surface area contributed by atoms with E-state index >= 15 is 0 Å². The van der Waals surface area contributed by atoms with E-state index in [1.165, 1.54) is 6.07 Å². The van der Waals surface area contributed by atoms with E-state index in [1.807, 2.05) is 0 Å². The first-order valence-electron chi connectivity index (χ1n) is 5.85. The molecule has 0 fully saturated rings. The van der Waals surface area contributed by atoms with Gasteiger partial charge in [0.2, 0.25) is 0 Å². The van der Waals surface area contributed by atoms with Crippen LogP contribution in [0, 0.1) is 5.82 Å². The van der Waals surface area contributed by atoms with Gasteiger partial charge in [0, 0.05) is 17.0 Å². The Kier molecular flexibility index (Phi) is 3.01. The van der Waals surface area contributed by atoms with Crippen LogP contribution in [0.4, 0.5) is 4.39 Å². The van der Waals surface area contributed by atoms with Gasteiger partial charge in [-0.1, -0.05) is 17.7 Å². The van der Waals surface area contributed by atoms with Gasteiger partial charge in [0.15, 0.2) is 0 Å². The van der Waals surface area contributed by atoms with Crippen molar-refractivity contribution >= 4 is 22.6 Å². The van der Waals surface area contributed by atoms with Crippen molar-refractivity contribution in [3.63, 3.8) is 0 Å². The van der Waals surface area contributed by atoms with Gasteiger partial charge in [-0.15, -0.1) is 0 Å². The average molecular weight is 276 g/mol. The lowest BCUT2D eigenvalue weighted by Gasteiger charge is -2.01. The monoisotopic (exact) mass is 275 g/mol. The van der Waals surface area contributed by atoms with Crippen LogP contribution in [0.3, 0.4) is 0 Å². The third kappa shape index (κ3) is 2.23. The molecule has 1 heterocycles. The SMILES string of the molecule is NCc1ccc(-c2cc3cc(Cl)ccc3o2)c(F)c1. The number of hydrogen-bond donors (Lipinski definition) is 1. The van der Waals surface area contributed by atoms with Crippen LogP contribution in [-0.4, -0.2) is 0 Å². The highest BCUT2D eigenvalue weighted by atomic mass is 35.5. The number of nitrogens with two attached hydrogens (primary N) is 1. The maximum absolute atomic E-state index is 14.0. The molecule has 4 heteroatoms. The van der Waals surface area contributed by atoms with E-state index < -0.39 is 0 Å². The fourth-order valence-corrected chi connectivity index (χ4v) is 2.21. The van der Waals surface area contributed by atoms with E-state index in [9.17, 15) is 4.39 Å². The largest absolute Gasteiger partial charge is 0.456 e. The standard InChI is InChI=1S/C15H11ClFNO/c16-11-2-4-14-10(6-11)7-15(19-14)12-3-1-9(8-18)5-13(12)17/h1-7H,8,18H2. The van der Waals surface area contributed by atoms with Crippen LogP contribution in [0.25, 0.3) is 22.3 Å². The summed E-state index contributed by atoms with van der Waals surface area (Å²) in [5.74, 6) is 0.145. The van der Waals surface area contributed by atoms with Crippen molar-refractivity contribution in [2.24, 2.45) is 5.73 Å². The Labute approximate surface area is 114 Å². The van der Waals surface area contributed by atoms with E-state index in [2.05, 4.69) is 0 Å². The Morgan fingerprint density at radius 2 is 1.95 bits per heavy atom. The van der Waals surface area contributed by atoms with E-state index in [0.717, 1.165) is 10.9 Å². The van der Waals surface area contributed by atoms with Gasteiger partial charge < -0.3 is 10.2 Å². The molecular weight excluding hydrogens is 265 g/mol. The molecule has 0 aliphatic heterocycles. The van der Waals surface area contributed by atoms with Gasteiger partial charge in [-0.3, -0.25) is 0 Å². The Hall–Kier alpha value is -1.84. The van der Waals surface area contributed by atoms with Gasteiger partial charge in [0.25, 0.3) is 0 Å². The lowest BCUT2D eigenvalue weighted by atomic mass is 10.1. The van der Waals surface area contributed by atoms with Crippen molar-refractivity contribution < 1.29 is 8.81 Å². The molecule has 2 nitrogen and oxygen atoms in total. The highest BCUT2D eigenvalue weighted by Crippen LogP contribution is 2.31. The first kappa shape index (κ1) is 12.2. The molecule has 3 aromatic rings. The van der Waals surface area contributed by atoms with Crippen LogP contribution in [-0.2, 0) is 6.54 Å². The molecule has 0 amide bonds. The number of furan rings is 1. The molecular formula is C15H11ClFNO. The summed E-state index contributed by atoms with van der Waals surface area (Å²) in [6.45, 7) is 0.312. The number of fused-ring (bicyclic) bond motifs is 1. The first-order chi connectivity index (χ1) is 9.17. The molecule has 0 bridgehead atoms. The van der Waals surface area contributed by atoms with Crippen LogP contribution >= 0.6 is 11.6 Å². The summed E-state index contributed by atoms with van der Waals surface area (Å²) in [4.78, 5) is 0. The molecule has 3 rings (SSSR count). The molecule has 0 saturated heterocycles. The fraction of sp³-hybridized carbons (Fsp3) is 0.0667. The summed E-state index contributed by atoms with van der Waals surface area (Å²) in [7, 11) is 0. The topological polar surface area (TPSA) is 39.2 Å². The van der Waals surface area contributed by atoms with E-state index in [-0.39, 0.29) is 5.82 Å². The molecule has 2 N–H and O–H groups in total. The van der Waals surface area contributed by atoms with Gasteiger partial charge in [0.05, 0.1) is 5.56 Å². The van der Waals surface area contributed by atoms with Gasteiger partial charge in [-0.25, -0.2) is 4.39 Å². The molecule has 0 spiro atoms. The maximum atomic E-state index is 14.0. The highest BCUT2D eigenvalue weighted by Gasteiger charge is 2.11. The fourth-order valence-electron chi connectivity index (χ4n) is 2.03. The maximum Gasteiger partial charge on any atom is 0.138 e. The van der Waals surface area contributed by atoms with Crippen molar-refractivity contribution in [3.8, 4) is 11.3 Å². The summed E-state index contributed by atoms with van der Waals surface area (Å²) in [6.07, 6.45) is 0. The second-order valence-electron chi connectivity index (χ2n) is 4.31. The predicted molar refractivity (Wildman–Crippen MR) is 74.5 cm³/mol. The molecule has 96 valence electrons. The van der Waals surface area contributed by atoms with E-state index in [4.69, 9.17) is 21.8 Å². The van der Waals surface area contributed by atoms with Gasteiger partial charge in [0.1, 0.15) is 17.2 Å². The minimum Gasteiger partial charge on any atom is -0.456 e. The van der Waals surface area contributed by atoms with Crippen LogP contribution < -0.4 is 5.73 Å². The molecule has 0 atom stereocenters. The van der Waals surface area contributed by atoms with E-state index in [1.54, 1.807) is 36.4 Å². The smallest absolute Gasteiger partial charge is 0.138 e. The molecule has 0 aliphatic carbocycles. The van der Waals surface area contributed by atoms with Crippen LogP contribution in [0.15, 0.2) is 46.9 Å². The van der Waals surface area contributed by atoms with Crippen molar-refractivity contribution in [1.82, 2.24) is 0 Å². The lowest BCUT2D eigenvalue weighted by Crippen LogP contribution is -1.97. The second kappa shape index (κ2) is 4.68.